The summed E-state index contributed by atoms with van der Waals surface area (Å²) in [7, 11) is -3.87. The van der Waals surface area contributed by atoms with Crippen LogP contribution in [-0.4, -0.2) is 96.3 Å². The Morgan fingerprint density at radius 2 is 1.54 bits per heavy atom. The van der Waals surface area contributed by atoms with E-state index >= 15 is 0 Å². The monoisotopic (exact) mass is 741 g/mol. The van der Waals surface area contributed by atoms with E-state index in [0.717, 1.165) is 56.9 Å². The average Bonchev–Trinajstić information content (AvgIpc) is 4.00. The molecule has 1 aromatic carbocycles. The quantitative estimate of drug-likeness (QED) is 0.394. The van der Waals surface area contributed by atoms with Crippen molar-refractivity contribution in [3.63, 3.8) is 0 Å². The molecule has 0 bridgehead atoms. The van der Waals surface area contributed by atoms with E-state index in [2.05, 4.69) is 15.4 Å². The van der Waals surface area contributed by atoms with Gasteiger partial charge in [-0.25, -0.2) is 18.0 Å². The molecule has 52 heavy (non-hydrogen) atoms. The van der Waals surface area contributed by atoms with Gasteiger partial charge >= 0.3 is 12.2 Å². The number of carbonyl (C=O) groups excluding carboxylic acids is 5. The molecule has 3 aliphatic carbocycles. The fourth-order valence-electron chi connectivity index (χ4n) is 8.46. The molecule has 7 rings (SSSR count). The van der Waals surface area contributed by atoms with E-state index in [4.69, 9.17) is 9.47 Å². The first-order valence-electron chi connectivity index (χ1n) is 19.2. The van der Waals surface area contributed by atoms with Crippen LogP contribution in [-0.2, 0) is 46.8 Å². The highest BCUT2D eigenvalue weighted by Gasteiger charge is 2.62. The zero-order valence-electron chi connectivity index (χ0n) is 29.7. The van der Waals surface area contributed by atoms with Gasteiger partial charge < -0.3 is 29.9 Å². The lowest BCUT2D eigenvalue weighted by atomic mass is 10.0. The Hall–Kier alpha value is -3.88. The van der Waals surface area contributed by atoms with Crippen LogP contribution in [0.25, 0.3) is 0 Å². The Balaban J connectivity index is 1.11. The summed E-state index contributed by atoms with van der Waals surface area (Å²) < 4.78 is 39.4. The third kappa shape index (κ3) is 8.18. The fourth-order valence-corrected chi connectivity index (χ4v) is 9.82. The lowest BCUT2D eigenvalue weighted by Crippen LogP contribution is -2.58. The van der Waals surface area contributed by atoms with Gasteiger partial charge in [0.1, 0.15) is 29.8 Å². The van der Waals surface area contributed by atoms with Crippen LogP contribution in [0.5, 0.6) is 0 Å². The number of nitrogens with zero attached hydrogens (tertiary/aromatic N) is 2. The average molecular weight is 742 g/mol. The number of ether oxygens (including phenoxy) is 2. The number of fused-ring (bicyclic) bond motifs is 3. The van der Waals surface area contributed by atoms with Gasteiger partial charge in [-0.3, -0.25) is 19.1 Å². The maximum absolute atomic E-state index is 14.4. The molecule has 5 atom stereocenters. The molecular formula is C37H51N5O9S. The van der Waals surface area contributed by atoms with Crippen molar-refractivity contribution < 1.29 is 41.9 Å². The zero-order chi connectivity index (χ0) is 36.5. The number of nitrogens with one attached hydrogen (secondary N) is 3. The van der Waals surface area contributed by atoms with Crippen molar-refractivity contribution in [2.24, 2.45) is 5.92 Å². The van der Waals surface area contributed by atoms with E-state index in [1.165, 1.54) is 10.5 Å². The Bertz CT molecular complexity index is 1660. The molecule has 6 aliphatic rings. The molecule has 5 amide bonds. The minimum atomic E-state index is -3.87. The maximum Gasteiger partial charge on any atom is 0.410 e. The van der Waals surface area contributed by atoms with Gasteiger partial charge in [-0.2, -0.15) is 0 Å². The second kappa shape index (κ2) is 15.2. The second-order valence-corrected chi connectivity index (χ2v) is 17.5. The molecule has 3 saturated carbocycles. The Labute approximate surface area is 305 Å². The van der Waals surface area contributed by atoms with Crippen molar-refractivity contribution in [1.82, 2.24) is 25.2 Å². The molecule has 2 saturated heterocycles. The molecule has 5 fully saturated rings. The first-order valence-corrected chi connectivity index (χ1v) is 20.7. The van der Waals surface area contributed by atoms with E-state index in [9.17, 15) is 32.4 Å². The van der Waals surface area contributed by atoms with Crippen LogP contribution >= 0.6 is 0 Å². The van der Waals surface area contributed by atoms with Crippen LogP contribution in [0.4, 0.5) is 9.59 Å². The summed E-state index contributed by atoms with van der Waals surface area (Å²) in [5.74, 6) is -2.12. The number of hydrogen-bond acceptors (Lipinski definition) is 9. The van der Waals surface area contributed by atoms with Gasteiger partial charge in [0.2, 0.25) is 21.8 Å². The van der Waals surface area contributed by atoms with E-state index in [0.29, 0.717) is 51.6 Å². The van der Waals surface area contributed by atoms with E-state index in [-0.39, 0.29) is 31.4 Å². The van der Waals surface area contributed by atoms with Crippen LogP contribution in [0.3, 0.4) is 0 Å². The predicted molar refractivity (Wildman–Crippen MR) is 188 cm³/mol. The lowest BCUT2D eigenvalue weighted by Gasteiger charge is -2.30. The Kier molecular flexibility index (Phi) is 10.7. The number of sulfonamides is 1. The molecule has 3 heterocycles. The first-order chi connectivity index (χ1) is 25.0. The standard InChI is InChI=1S/C37H51N5O9S/c43-32-31-20-28(51-36(47)41-19-18-24-10-6-7-11-25(24)22-41)23-42(31)33(44)30(38-35(46)50-27-13-8-9-14-27)15-5-3-1-2-4-12-26-21-37(26,39-32)34(45)40-52(48,49)29-16-17-29/h6-7,10-11,26-31H,1-5,8-9,12-23H2,(H,38,46)(H,39,43)(H,40,45)/t26-,28-,30+,31+,37-/m1/s1. The minimum absolute atomic E-state index is 0.0181. The van der Waals surface area contributed by atoms with E-state index < -0.39 is 68.9 Å². The number of rotatable bonds is 6. The van der Waals surface area contributed by atoms with Crippen LogP contribution in [0.2, 0.25) is 0 Å². The largest absolute Gasteiger partial charge is 0.446 e. The molecular weight excluding hydrogens is 690 g/mol. The number of carbonyl (C=O) groups is 5. The van der Waals surface area contributed by atoms with Crippen molar-refractivity contribution in [1.29, 1.82) is 0 Å². The number of amides is 5. The highest BCUT2D eigenvalue weighted by molar-refractivity contribution is 7.91. The molecule has 1 aromatic rings. The van der Waals surface area contributed by atoms with Crippen LogP contribution in [0, 0.1) is 5.92 Å². The smallest absolute Gasteiger partial charge is 0.410 e. The summed E-state index contributed by atoms with van der Waals surface area (Å²) in [6.45, 7) is 0.765. The molecule has 0 unspecified atom stereocenters. The van der Waals surface area contributed by atoms with Gasteiger partial charge in [0.25, 0.3) is 5.91 Å². The van der Waals surface area contributed by atoms with Gasteiger partial charge in [0.15, 0.2) is 0 Å². The number of alkyl carbamates (subject to hydrolysis) is 1. The Morgan fingerprint density at radius 1 is 0.846 bits per heavy atom. The van der Waals surface area contributed by atoms with Crippen LogP contribution in [0.15, 0.2) is 24.3 Å². The molecule has 3 aliphatic heterocycles. The van der Waals surface area contributed by atoms with E-state index in [1.807, 2.05) is 24.3 Å². The summed E-state index contributed by atoms with van der Waals surface area (Å²) in [6.07, 6.45) is 8.17. The number of hydrogen-bond donors (Lipinski definition) is 3. The predicted octanol–water partition coefficient (Wildman–Crippen LogP) is 3.42. The third-order valence-electron chi connectivity index (χ3n) is 11.8. The molecule has 284 valence electrons. The summed E-state index contributed by atoms with van der Waals surface area (Å²) in [6, 6.07) is 5.80. The van der Waals surface area contributed by atoms with Crippen molar-refractivity contribution >= 4 is 39.9 Å². The van der Waals surface area contributed by atoms with Crippen molar-refractivity contribution in [2.75, 3.05) is 13.1 Å². The van der Waals surface area contributed by atoms with Crippen LogP contribution in [0.1, 0.15) is 107 Å². The molecule has 0 radical (unpaired) electrons. The molecule has 3 N–H and O–H groups in total. The fraction of sp³-hybridized carbons (Fsp3) is 0.703. The topological polar surface area (TPSA) is 181 Å². The molecule has 0 spiro atoms. The normalized spacial score (nSPS) is 30.1. The molecule has 15 heteroatoms. The SMILES string of the molecule is O=C(N[C@H]1CCCCCCC[C@@H]2C[C@@]2(C(=O)NS(=O)(=O)C2CC2)NC(=O)[C@@H]2C[C@@H](OC(=O)N3CCc4ccccc4C3)CN2C1=O)OC1CCCC1. The molecule has 14 nitrogen and oxygen atoms in total. The summed E-state index contributed by atoms with van der Waals surface area (Å²) in [4.78, 5) is 71.8. The molecule has 0 aromatic heterocycles. The van der Waals surface area contributed by atoms with Crippen molar-refractivity contribution in [3.05, 3.63) is 35.4 Å². The van der Waals surface area contributed by atoms with Gasteiger partial charge in [0.05, 0.1) is 11.8 Å². The summed E-state index contributed by atoms with van der Waals surface area (Å²) >= 11 is 0. The summed E-state index contributed by atoms with van der Waals surface area (Å²) in [5, 5.41) is 5.07. The summed E-state index contributed by atoms with van der Waals surface area (Å²) in [5.41, 5.74) is 0.781. The maximum atomic E-state index is 14.4. The lowest BCUT2D eigenvalue weighted by molar-refractivity contribution is -0.141. The van der Waals surface area contributed by atoms with Gasteiger partial charge in [-0.05, 0) is 81.3 Å². The Morgan fingerprint density at radius 3 is 2.29 bits per heavy atom. The van der Waals surface area contributed by atoms with Crippen molar-refractivity contribution in [2.45, 2.75) is 144 Å². The second-order valence-electron chi connectivity index (χ2n) is 15.6. The highest BCUT2D eigenvalue weighted by Crippen LogP contribution is 2.48. The number of benzene rings is 1. The highest BCUT2D eigenvalue weighted by atomic mass is 32.2. The third-order valence-corrected chi connectivity index (χ3v) is 13.6. The van der Waals surface area contributed by atoms with Gasteiger partial charge in [0, 0.05) is 19.5 Å². The van der Waals surface area contributed by atoms with Gasteiger partial charge in [-0.15, -0.1) is 0 Å². The minimum Gasteiger partial charge on any atom is -0.446 e. The van der Waals surface area contributed by atoms with Crippen LogP contribution < -0.4 is 15.4 Å². The van der Waals surface area contributed by atoms with E-state index in [1.54, 1.807) is 4.90 Å². The first kappa shape index (κ1) is 36.5. The van der Waals surface area contributed by atoms with Gasteiger partial charge in [-0.1, -0.05) is 56.4 Å². The van der Waals surface area contributed by atoms with Crippen molar-refractivity contribution in [3.8, 4) is 0 Å². The zero-order valence-corrected chi connectivity index (χ0v) is 30.5.